The van der Waals surface area contributed by atoms with Crippen LogP contribution in [0.4, 0.5) is 5.69 Å². The van der Waals surface area contributed by atoms with Gasteiger partial charge in [-0.05, 0) is 56.2 Å². The standard InChI is InChI=1S/C25H29Cl2N5S/c1-17-5-4-6-20(13-17)15-30-9-11-31(12-10-30)25(33)28-24-18(2)29-32(19(24)3)16-21-7-8-22(26)14-23(21)27/h4-8,13-14H,9-12,15-16H2,1-3H3,(H,28,33). The van der Waals surface area contributed by atoms with Gasteiger partial charge in [0, 0.05) is 42.8 Å². The van der Waals surface area contributed by atoms with Crippen LogP contribution in [0.3, 0.4) is 0 Å². The van der Waals surface area contributed by atoms with Crippen molar-refractivity contribution in [3.8, 4) is 0 Å². The summed E-state index contributed by atoms with van der Waals surface area (Å²) in [6.07, 6.45) is 0. The summed E-state index contributed by atoms with van der Waals surface area (Å²) in [6, 6.07) is 14.3. The van der Waals surface area contributed by atoms with Crippen LogP contribution in [0.5, 0.6) is 0 Å². The third kappa shape index (κ3) is 5.87. The molecule has 0 unspecified atom stereocenters. The van der Waals surface area contributed by atoms with Crippen molar-refractivity contribution < 1.29 is 0 Å². The first-order chi connectivity index (χ1) is 15.8. The summed E-state index contributed by atoms with van der Waals surface area (Å²) in [7, 11) is 0. The summed E-state index contributed by atoms with van der Waals surface area (Å²) < 4.78 is 1.95. The van der Waals surface area contributed by atoms with E-state index in [4.69, 9.17) is 40.5 Å². The molecule has 4 rings (SSSR count). The molecule has 1 aliphatic heterocycles. The Hall–Kier alpha value is -2.12. The minimum absolute atomic E-state index is 0.578. The van der Waals surface area contributed by atoms with Crippen LogP contribution in [0.25, 0.3) is 0 Å². The maximum absolute atomic E-state index is 6.36. The first kappa shape index (κ1) is 24.0. The van der Waals surface area contributed by atoms with Crippen LogP contribution >= 0.6 is 35.4 Å². The monoisotopic (exact) mass is 501 g/mol. The maximum atomic E-state index is 6.36. The van der Waals surface area contributed by atoms with E-state index in [0.29, 0.717) is 16.6 Å². The van der Waals surface area contributed by atoms with Gasteiger partial charge in [-0.25, -0.2) is 0 Å². The fourth-order valence-electron chi connectivity index (χ4n) is 4.21. The van der Waals surface area contributed by atoms with Gasteiger partial charge in [-0.1, -0.05) is 59.1 Å². The summed E-state index contributed by atoms with van der Waals surface area (Å²) in [5.74, 6) is 0. The molecular formula is C25H29Cl2N5S. The van der Waals surface area contributed by atoms with Crippen LogP contribution in [-0.4, -0.2) is 50.9 Å². The number of nitrogens with one attached hydrogen (secondary N) is 1. The Bertz CT molecular complexity index is 1150. The largest absolute Gasteiger partial charge is 0.346 e. The molecule has 0 saturated carbocycles. The highest BCUT2D eigenvalue weighted by Gasteiger charge is 2.21. The number of rotatable bonds is 5. The second-order valence-electron chi connectivity index (χ2n) is 8.62. The quantitative estimate of drug-likeness (QED) is 0.455. The molecule has 1 N–H and O–H groups in total. The molecule has 1 saturated heterocycles. The molecule has 2 aromatic carbocycles. The van der Waals surface area contributed by atoms with Gasteiger partial charge < -0.3 is 10.2 Å². The molecule has 33 heavy (non-hydrogen) atoms. The van der Waals surface area contributed by atoms with Gasteiger partial charge in [0.1, 0.15) is 0 Å². The number of piperazine rings is 1. The van der Waals surface area contributed by atoms with Gasteiger partial charge in [-0.3, -0.25) is 9.58 Å². The van der Waals surface area contributed by atoms with Crippen LogP contribution in [0.2, 0.25) is 10.0 Å². The highest BCUT2D eigenvalue weighted by Crippen LogP contribution is 2.25. The van der Waals surface area contributed by atoms with E-state index in [9.17, 15) is 0 Å². The van der Waals surface area contributed by atoms with Crippen LogP contribution in [-0.2, 0) is 13.1 Å². The second kappa shape index (κ2) is 10.4. The number of thiocarbonyl (C=S) groups is 1. The van der Waals surface area contributed by atoms with E-state index in [0.717, 1.165) is 60.5 Å². The first-order valence-electron chi connectivity index (χ1n) is 11.1. The highest BCUT2D eigenvalue weighted by molar-refractivity contribution is 7.80. The number of hydrogen-bond donors (Lipinski definition) is 1. The topological polar surface area (TPSA) is 36.3 Å². The SMILES string of the molecule is Cc1cccc(CN2CCN(C(=S)Nc3c(C)nn(Cc4ccc(Cl)cc4Cl)c3C)CC2)c1. The Morgan fingerprint density at radius 1 is 1.00 bits per heavy atom. The minimum atomic E-state index is 0.578. The number of anilines is 1. The smallest absolute Gasteiger partial charge is 0.173 e. The third-order valence-electron chi connectivity index (χ3n) is 6.10. The van der Waals surface area contributed by atoms with Crippen LogP contribution < -0.4 is 5.32 Å². The van der Waals surface area contributed by atoms with Crippen molar-refractivity contribution in [2.45, 2.75) is 33.9 Å². The molecule has 0 aliphatic carbocycles. The Kier molecular flexibility index (Phi) is 7.59. The molecule has 8 heteroatoms. The number of nitrogens with zero attached hydrogens (tertiary/aromatic N) is 4. The van der Waals surface area contributed by atoms with Crippen LogP contribution in [0, 0.1) is 20.8 Å². The fraction of sp³-hybridized carbons (Fsp3) is 0.360. The molecule has 0 amide bonds. The van der Waals surface area contributed by atoms with Gasteiger partial charge >= 0.3 is 0 Å². The number of halogens is 2. The van der Waals surface area contributed by atoms with E-state index in [1.807, 2.05) is 23.7 Å². The molecule has 0 atom stereocenters. The van der Waals surface area contributed by atoms with Gasteiger partial charge in [0.05, 0.1) is 23.6 Å². The zero-order valence-electron chi connectivity index (χ0n) is 19.2. The molecule has 3 aromatic rings. The van der Waals surface area contributed by atoms with Crippen LogP contribution in [0.15, 0.2) is 42.5 Å². The Labute approximate surface area is 211 Å². The van der Waals surface area contributed by atoms with Crippen molar-refractivity contribution in [1.82, 2.24) is 19.6 Å². The van der Waals surface area contributed by atoms with E-state index in [-0.39, 0.29) is 0 Å². The fourth-order valence-corrected chi connectivity index (χ4v) is 4.96. The molecule has 1 aliphatic rings. The molecule has 1 fully saturated rings. The average molecular weight is 503 g/mol. The molecule has 5 nitrogen and oxygen atoms in total. The second-order valence-corrected chi connectivity index (χ2v) is 9.85. The lowest BCUT2D eigenvalue weighted by atomic mass is 10.1. The van der Waals surface area contributed by atoms with Gasteiger partial charge in [0.25, 0.3) is 0 Å². The lowest BCUT2D eigenvalue weighted by Crippen LogP contribution is -2.49. The molecule has 1 aromatic heterocycles. The Balaban J connectivity index is 1.36. The molecule has 0 spiro atoms. The predicted octanol–water partition coefficient (Wildman–Crippen LogP) is 5.68. The Morgan fingerprint density at radius 3 is 2.45 bits per heavy atom. The van der Waals surface area contributed by atoms with E-state index in [2.05, 4.69) is 53.2 Å². The third-order valence-corrected chi connectivity index (χ3v) is 7.04. The zero-order chi connectivity index (χ0) is 23.5. The minimum Gasteiger partial charge on any atom is -0.346 e. The van der Waals surface area contributed by atoms with E-state index >= 15 is 0 Å². The van der Waals surface area contributed by atoms with Crippen molar-refractivity contribution in [2.24, 2.45) is 0 Å². The van der Waals surface area contributed by atoms with Crippen molar-refractivity contribution in [3.63, 3.8) is 0 Å². The average Bonchev–Trinajstić information content (AvgIpc) is 3.03. The lowest BCUT2D eigenvalue weighted by Gasteiger charge is -2.36. The summed E-state index contributed by atoms with van der Waals surface area (Å²) in [4.78, 5) is 4.73. The number of aryl methyl sites for hydroxylation is 2. The molecule has 2 heterocycles. The van der Waals surface area contributed by atoms with Crippen molar-refractivity contribution >= 4 is 46.2 Å². The zero-order valence-corrected chi connectivity index (χ0v) is 21.6. The number of aromatic nitrogens is 2. The van der Waals surface area contributed by atoms with Gasteiger partial charge in [-0.15, -0.1) is 0 Å². The van der Waals surface area contributed by atoms with Gasteiger partial charge in [0.15, 0.2) is 5.11 Å². The van der Waals surface area contributed by atoms with Crippen LogP contribution in [0.1, 0.15) is 28.1 Å². The maximum Gasteiger partial charge on any atom is 0.173 e. The molecule has 0 radical (unpaired) electrons. The van der Waals surface area contributed by atoms with Crippen molar-refractivity contribution in [2.75, 3.05) is 31.5 Å². The van der Waals surface area contributed by atoms with Gasteiger partial charge in [-0.2, -0.15) is 5.10 Å². The molecular weight excluding hydrogens is 473 g/mol. The summed E-state index contributed by atoms with van der Waals surface area (Å²) in [6.45, 7) is 11.5. The molecule has 174 valence electrons. The Morgan fingerprint density at radius 2 is 1.76 bits per heavy atom. The van der Waals surface area contributed by atoms with E-state index in [1.54, 1.807) is 6.07 Å². The summed E-state index contributed by atoms with van der Waals surface area (Å²) in [5, 5.41) is 10.2. The number of benzene rings is 2. The van der Waals surface area contributed by atoms with Gasteiger partial charge in [0.2, 0.25) is 0 Å². The highest BCUT2D eigenvalue weighted by atomic mass is 35.5. The predicted molar refractivity (Wildman–Crippen MR) is 142 cm³/mol. The lowest BCUT2D eigenvalue weighted by molar-refractivity contribution is 0.177. The van der Waals surface area contributed by atoms with E-state index in [1.165, 1.54) is 11.1 Å². The normalized spacial score (nSPS) is 14.5. The molecule has 0 bridgehead atoms. The summed E-state index contributed by atoms with van der Waals surface area (Å²) >= 11 is 18.1. The number of hydrogen-bond acceptors (Lipinski definition) is 3. The van der Waals surface area contributed by atoms with Crippen molar-refractivity contribution in [3.05, 3.63) is 80.6 Å². The van der Waals surface area contributed by atoms with Crippen molar-refractivity contribution in [1.29, 1.82) is 0 Å². The van der Waals surface area contributed by atoms with E-state index < -0.39 is 0 Å². The first-order valence-corrected chi connectivity index (χ1v) is 12.3. The summed E-state index contributed by atoms with van der Waals surface area (Å²) in [5.41, 5.74) is 6.56.